The van der Waals surface area contributed by atoms with Crippen LogP contribution in [0.5, 0.6) is 0 Å². The summed E-state index contributed by atoms with van der Waals surface area (Å²) in [6, 6.07) is 5.38. The third kappa shape index (κ3) is 3.21. The average Bonchev–Trinajstić information content (AvgIpc) is 2.30. The molecule has 1 saturated heterocycles. The van der Waals surface area contributed by atoms with Crippen LogP contribution in [-0.2, 0) is 0 Å². The summed E-state index contributed by atoms with van der Waals surface area (Å²) in [4.78, 5) is 4.29. The Hall–Kier alpha value is -1.13. The number of rotatable bonds is 3. The number of aliphatic hydroxyl groups excluding tert-OH is 1. The Balaban J connectivity index is 1.97. The summed E-state index contributed by atoms with van der Waals surface area (Å²) in [7, 11) is 0. The zero-order chi connectivity index (χ0) is 13.1. The van der Waals surface area contributed by atoms with Gasteiger partial charge in [0.2, 0.25) is 0 Å². The second-order valence-electron chi connectivity index (χ2n) is 5.09. The fourth-order valence-electron chi connectivity index (χ4n) is 2.41. The Bertz CT molecular complexity index is 401. The third-order valence-electron chi connectivity index (χ3n) is 3.34. The molecule has 0 bridgehead atoms. The first-order valence-corrected chi connectivity index (χ1v) is 6.48. The van der Waals surface area contributed by atoms with Gasteiger partial charge in [-0.15, -0.1) is 0 Å². The van der Waals surface area contributed by atoms with Crippen molar-refractivity contribution in [3.8, 4) is 0 Å². The van der Waals surface area contributed by atoms with E-state index in [2.05, 4.69) is 9.80 Å². The molecule has 0 aliphatic carbocycles. The molecule has 0 amide bonds. The van der Waals surface area contributed by atoms with Crippen LogP contribution in [0.2, 0.25) is 0 Å². The predicted molar refractivity (Wildman–Crippen MR) is 71.5 cm³/mol. The van der Waals surface area contributed by atoms with E-state index in [0.29, 0.717) is 12.2 Å². The number of hydrogen-bond acceptors (Lipinski definition) is 3. The average molecular weight is 252 g/mol. The lowest BCUT2D eigenvalue weighted by atomic mass is 10.2. The number of aryl methyl sites for hydroxylation is 1. The van der Waals surface area contributed by atoms with Crippen LogP contribution in [0.3, 0.4) is 0 Å². The molecule has 0 radical (unpaired) electrons. The van der Waals surface area contributed by atoms with E-state index in [1.54, 1.807) is 13.0 Å². The van der Waals surface area contributed by atoms with Crippen LogP contribution in [-0.4, -0.2) is 48.8 Å². The highest BCUT2D eigenvalue weighted by Gasteiger charge is 2.19. The Morgan fingerprint density at radius 1 is 1.28 bits per heavy atom. The number of piperazine rings is 1. The Morgan fingerprint density at radius 2 is 1.94 bits per heavy atom. The maximum atomic E-state index is 13.8. The smallest absolute Gasteiger partial charge is 0.146 e. The highest BCUT2D eigenvalue weighted by atomic mass is 19.1. The fourth-order valence-corrected chi connectivity index (χ4v) is 2.41. The molecule has 1 aliphatic heterocycles. The lowest BCUT2D eigenvalue weighted by Crippen LogP contribution is -2.48. The van der Waals surface area contributed by atoms with Gasteiger partial charge in [0.25, 0.3) is 0 Å². The number of β-amino-alcohol motifs (C(OH)–C–C–N with tert-alkyl or cyclic N) is 1. The summed E-state index contributed by atoms with van der Waals surface area (Å²) in [5, 5.41) is 9.35. The molecule has 1 atom stereocenters. The molecule has 3 nitrogen and oxygen atoms in total. The number of benzene rings is 1. The summed E-state index contributed by atoms with van der Waals surface area (Å²) in [6.45, 7) is 7.76. The Morgan fingerprint density at radius 3 is 2.50 bits per heavy atom. The molecule has 1 fully saturated rings. The minimum absolute atomic E-state index is 0.140. The van der Waals surface area contributed by atoms with E-state index in [1.807, 2.05) is 19.1 Å². The van der Waals surface area contributed by atoms with E-state index in [1.165, 1.54) is 0 Å². The fraction of sp³-hybridized carbons (Fsp3) is 0.571. The van der Waals surface area contributed by atoms with Crippen LogP contribution < -0.4 is 4.90 Å². The first-order chi connectivity index (χ1) is 8.56. The summed E-state index contributed by atoms with van der Waals surface area (Å²) < 4.78 is 13.8. The third-order valence-corrected chi connectivity index (χ3v) is 3.34. The van der Waals surface area contributed by atoms with Gasteiger partial charge in [-0.3, -0.25) is 4.90 Å². The van der Waals surface area contributed by atoms with Crippen molar-refractivity contribution in [3.63, 3.8) is 0 Å². The molecule has 2 rings (SSSR count). The topological polar surface area (TPSA) is 26.7 Å². The maximum absolute atomic E-state index is 13.8. The maximum Gasteiger partial charge on any atom is 0.146 e. The van der Waals surface area contributed by atoms with Gasteiger partial charge in [-0.05, 0) is 31.5 Å². The molecule has 0 spiro atoms. The van der Waals surface area contributed by atoms with Gasteiger partial charge in [0, 0.05) is 32.7 Å². The van der Waals surface area contributed by atoms with Gasteiger partial charge in [0.05, 0.1) is 11.8 Å². The van der Waals surface area contributed by atoms with Gasteiger partial charge in [0.15, 0.2) is 0 Å². The molecule has 1 aliphatic rings. The van der Waals surface area contributed by atoms with Gasteiger partial charge in [0.1, 0.15) is 5.82 Å². The molecule has 18 heavy (non-hydrogen) atoms. The monoisotopic (exact) mass is 252 g/mol. The van der Waals surface area contributed by atoms with Crippen molar-refractivity contribution in [1.29, 1.82) is 0 Å². The summed E-state index contributed by atoms with van der Waals surface area (Å²) >= 11 is 0. The van der Waals surface area contributed by atoms with E-state index in [-0.39, 0.29) is 11.9 Å². The summed E-state index contributed by atoms with van der Waals surface area (Å²) in [6.07, 6.45) is -0.298. The van der Waals surface area contributed by atoms with Crippen molar-refractivity contribution in [2.75, 3.05) is 37.6 Å². The zero-order valence-electron chi connectivity index (χ0n) is 11.1. The zero-order valence-corrected chi connectivity index (χ0v) is 11.1. The van der Waals surface area contributed by atoms with E-state index in [9.17, 15) is 9.50 Å². The molecule has 1 aromatic rings. The van der Waals surface area contributed by atoms with Crippen LogP contribution in [0, 0.1) is 12.7 Å². The second kappa shape index (κ2) is 5.67. The molecule has 100 valence electrons. The van der Waals surface area contributed by atoms with Gasteiger partial charge < -0.3 is 10.0 Å². The number of aliphatic hydroxyl groups is 1. The normalized spacial score (nSPS) is 19.0. The quantitative estimate of drug-likeness (QED) is 0.886. The summed E-state index contributed by atoms with van der Waals surface area (Å²) in [5.41, 5.74) is 1.64. The van der Waals surface area contributed by atoms with Crippen molar-refractivity contribution in [1.82, 2.24) is 4.90 Å². The van der Waals surface area contributed by atoms with E-state index in [0.717, 1.165) is 31.7 Å². The van der Waals surface area contributed by atoms with Gasteiger partial charge in [-0.2, -0.15) is 0 Å². The molecule has 1 unspecified atom stereocenters. The molecule has 1 heterocycles. The lowest BCUT2D eigenvalue weighted by molar-refractivity contribution is 0.122. The highest BCUT2D eigenvalue weighted by Crippen LogP contribution is 2.21. The number of halogens is 1. The summed E-state index contributed by atoms with van der Waals surface area (Å²) in [5.74, 6) is -0.140. The minimum Gasteiger partial charge on any atom is -0.392 e. The molecular weight excluding hydrogens is 231 g/mol. The van der Waals surface area contributed by atoms with Crippen molar-refractivity contribution in [3.05, 3.63) is 29.6 Å². The van der Waals surface area contributed by atoms with E-state index >= 15 is 0 Å². The molecule has 4 heteroatoms. The number of anilines is 1. The largest absolute Gasteiger partial charge is 0.392 e. The first kappa shape index (κ1) is 13.3. The van der Waals surface area contributed by atoms with Gasteiger partial charge in [-0.25, -0.2) is 4.39 Å². The van der Waals surface area contributed by atoms with Crippen molar-refractivity contribution in [2.24, 2.45) is 0 Å². The van der Waals surface area contributed by atoms with Gasteiger partial charge >= 0.3 is 0 Å². The molecule has 0 aromatic heterocycles. The number of nitrogens with zero attached hydrogens (tertiary/aromatic N) is 2. The van der Waals surface area contributed by atoms with Crippen LogP contribution in [0.1, 0.15) is 12.5 Å². The van der Waals surface area contributed by atoms with Crippen molar-refractivity contribution < 1.29 is 9.50 Å². The van der Waals surface area contributed by atoms with Crippen LogP contribution in [0.15, 0.2) is 18.2 Å². The molecule has 1 aromatic carbocycles. The minimum atomic E-state index is -0.298. The highest BCUT2D eigenvalue weighted by molar-refractivity contribution is 5.49. The van der Waals surface area contributed by atoms with Crippen LogP contribution >= 0.6 is 0 Å². The second-order valence-corrected chi connectivity index (χ2v) is 5.09. The van der Waals surface area contributed by atoms with E-state index in [4.69, 9.17) is 0 Å². The first-order valence-electron chi connectivity index (χ1n) is 6.48. The lowest BCUT2D eigenvalue weighted by Gasteiger charge is -2.36. The Kier molecular flexibility index (Phi) is 4.19. The Labute approximate surface area is 108 Å². The SMILES string of the molecule is Cc1ccc(N2CCN(CC(C)O)CC2)c(F)c1. The van der Waals surface area contributed by atoms with Crippen LogP contribution in [0.25, 0.3) is 0 Å². The molecule has 0 saturated carbocycles. The molecular formula is C14H21FN2O. The predicted octanol–water partition coefficient (Wildman–Crippen LogP) is 1.64. The van der Waals surface area contributed by atoms with Crippen LogP contribution in [0.4, 0.5) is 10.1 Å². The number of hydrogen-bond donors (Lipinski definition) is 1. The van der Waals surface area contributed by atoms with Crippen molar-refractivity contribution in [2.45, 2.75) is 20.0 Å². The van der Waals surface area contributed by atoms with Gasteiger partial charge in [-0.1, -0.05) is 6.07 Å². The molecule has 1 N–H and O–H groups in total. The van der Waals surface area contributed by atoms with Crippen molar-refractivity contribution >= 4 is 5.69 Å². The van der Waals surface area contributed by atoms with E-state index < -0.39 is 0 Å². The standard InChI is InChI=1S/C14H21FN2O/c1-11-3-4-14(13(15)9-11)17-7-5-16(6-8-17)10-12(2)18/h3-4,9,12,18H,5-8,10H2,1-2H3.